The van der Waals surface area contributed by atoms with Crippen LogP contribution in [0.4, 0.5) is 30.2 Å². The summed E-state index contributed by atoms with van der Waals surface area (Å²) >= 11 is 0. The fourth-order valence-electron chi connectivity index (χ4n) is 2.00. The van der Waals surface area contributed by atoms with Crippen LogP contribution in [0.2, 0.25) is 0 Å². The van der Waals surface area contributed by atoms with Crippen LogP contribution in [0.3, 0.4) is 0 Å². The quantitative estimate of drug-likeness (QED) is 0.354. The lowest BCUT2D eigenvalue weighted by Gasteiger charge is -2.11. The van der Waals surface area contributed by atoms with Gasteiger partial charge in [-0.25, -0.2) is 4.79 Å². The van der Waals surface area contributed by atoms with Gasteiger partial charge >= 0.3 is 12.1 Å². The second-order valence-electron chi connectivity index (χ2n) is 5.23. The molecular weight excluding hydrogens is 371 g/mol. The van der Waals surface area contributed by atoms with Gasteiger partial charge in [-0.3, -0.25) is 14.9 Å². The molecule has 0 atom stereocenters. The SMILES string of the molecule is Nc1cc(C(F)(F)F)ccc1C(=O)OCC(=O)Nc1ccc([N+](=O)[O-])cc1. The Morgan fingerprint density at radius 2 is 1.78 bits per heavy atom. The molecule has 0 bridgehead atoms. The number of hydrogen-bond acceptors (Lipinski definition) is 6. The van der Waals surface area contributed by atoms with E-state index in [1.165, 1.54) is 24.3 Å². The monoisotopic (exact) mass is 383 g/mol. The summed E-state index contributed by atoms with van der Waals surface area (Å²) < 4.78 is 42.4. The maximum absolute atomic E-state index is 12.6. The fourth-order valence-corrected chi connectivity index (χ4v) is 2.00. The second kappa shape index (κ2) is 7.72. The molecule has 2 aromatic rings. The van der Waals surface area contributed by atoms with Crippen molar-refractivity contribution in [3.63, 3.8) is 0 Å². The smallest absolute Gasteiger partial charge is 0.416 e. The number of carbonyl (C=O) groups is 2. The number of halogens is 3. The van der Waals surface area contributed by atoms with Crippen molar-refractivity contribution >= 4 is 28.9 Å². The van der Waals surface area contributed by atoms with E-state index in [0.29, 0.717) is 12.1 Å². The summed E-state index contributed by atoms with van der Waals surface area (Å²) in [4.78, 5) is 33.5. The van der Waals surface area contributed by atoms with E-state index in [-0.39, 0.29) is 16.9 Å². The van der Waals surface area contributed by atoms with Crippen LogP contribution in [0.5, 0.6) is 0 Å². The third-order valence-electron chi connectivity index (χ3n) is 3.30. The topological polar surface area (TPSA) is 125 Å². The van der Waals surface area contributed by atoms with E-state index in [0.717, 1.165) is 6.07 Å². The fraction of sp³-hybridized carbons (Fsp3) is 0.125. The number of nitrogens with zero attached hydrogens (tertiary/aromatic N) is 1. The van der Waals surface area contributed by atoms with Gasteiger partial charge in [0.2, 0.25) is 0 Å². The van der Waals surface area contributed by atoms with Gasteiger partial charge in [0.15, 0.2) is 6.61 Å². The molecule has 8 nitrogen and oxygen atoms in total. The number of amides is 1. The van der Waals surface area contributed by atoms with E-state index in [2.05, 4.69) is 5.32 Å². The highest BCUT2D eigenvalue weighted by molar-refractivity contribution is 5.98. The third-order valence-corrected chi connectivity index (χ3v) is 3.30. The zero-order chi connectivity index (χ0) is 20.2. The summed E-state index contributed by atoms with van der Waals surface area (Å²) in [5, 5.41) is 12.9. The Morgan fingerprint density at radius 1 is 1.15 bits per heavy atom. The minimum Gasteiger partial charge on any atom is -0.452 e. The predicted molar refractivity (Wildman–Crippen MR) is 87.9 cm³/mol. The molecule has 0 heterocycles. The number of nitrogens with one attached hydrogen (secondary N) is 1. The van der Waals surface area contributed by atoms with Gasteiger partial charge in [-0.15, -0.1) is 0 Å². The van der Waals surface area contributed by atoms with E-state index in [1.54, 1.807) is 0 Å². The number of nitro benzene ring substituents is 1. The number of rotatable bonds is 5. The number of nitrogens with two attached hydrogens (primary N) is 1. The molecule has 0 unspecified atom stereocenters. The minimum absolute atomic E-state index is 0.169. The van der Waals surface area contributed by atoms with Gasteiger partial charge in [0, 0.05) is 23.5 Å². The first-order chi connectivity index (χ1) is 12.6. The van der Waals surface area contributed by atoms with Gasteiger partial charge in [0.05, 0.1) is 16.1 Å². The summed E-state index contributed by atoms with van der Waals surface area (Å²) in [5.74, 6) is -1.82. The van der Waals surface area contributed by atoms with Crippen molar-refractivity contribution < 1.29 is 32.4 Å². The molecular formula is C16H12F3N3O5. The van der Waals surface area contributed by atoms with Crippen LogP contribution in [0.1, 0.15) is 15.9 Å². The summed E-state index contributed by atoms with van der Waals surface area (Å²) in [6.07, 6.45) is -4.61. The normalized spacial score (nSPS) is 10.9. The molecule has 3 N–H and O–H groups in total. The van der Waals surface area contributed by atoms with Crippen LogP contribution in [0.15, 0.2) is 42.5 Å². The van der Waals surface area contributed by atoms with Gasteiger partial charge < -0.3 is 15.8 Å². The number of nitro groups is 1. The first kappa shape index (κ1) is 19.7. The molecule has 0 aliphatic heterocycles. The highest BCUT2D eigenvalue weighted by Gasteiger charge is 2.31. The van der Waals surface area contributed by atoms with E-state index < -0.39 is 40.8 Å². The van der Waals surface area contributed by atoms with Gasteiger partial charge in [0.1, 0.15) is 0 Å². The van der Waals surface area contributed by atoms with Gasteiger partial charge in [-0.05, 0) is 30.3 Å². The lowest BCUT2D eigenvalue weighted by molar-refractivity contribution is -0.384. The Bertz CT molecular complexity index is 882. The van der Waals surface area contributed by atoms with Crippen LogP contribution in [0, 0.1) is 10.1 Å². The van der Waals surface area contributed by atoms with Crippen molar-refractivity contribution in [2.45, 2.75) is 6.18 Å². The van der Waals surface area contributed by atoms with Crippen molar-refractivity contribution in [1.82, 2.24) is 0 Å². The number of benzene rings is 2. The molecule has 1 amide bonds. The maximum Gasteiger partial charge on any atom is 0.416 e. The zero-order valence-corrected chi connectivity index (χ0v) is 13.4. The number of hydrogen-bond donors (Lipinski definition) is 2. The first-order valence-electron chi connectivity index (χ1n) is 7.26. The van der Waals surface area contributed by atoms with Crippen LogP contribution in [-0.4, -0.2) is 23.4 Å². The largest absolute Gasteiger partial charge is 0.452 e. The van der Waals surface area contributed by atoms with Gasteiger partial charge in [0.25, 0.3) is 11.6 Å². The molecule has 27 heavy (non-hydrogen) atoms. The van der Waals surface area contributed by atoms with E-state index in [1.807, 2.05) is 0 Å². The highest BCUT2D eigenvalue weighted by Crippen LogP contribution is 2.31. The number of carbonyl (C=O) groups excluding carboxylic acids is 2. The van der Waals surface area contributed by atoms with E-state index in [4.69, 9.17) is 10.5 Å². The molecule has 142 valence electrons. The lowest BCUT2D eigenvalue weighted by Crippen LogP contribution is -2.21. The molecule has 0 aromatic heterocycles. The van der Waals surface area contributed by atoms with Crippen molar-refractivity contribution in [2.24, 2.45) is 0 Å². The standard InChI is InChI=1S/C16H12F3N3O5/c17-16(18,19)9-1-6-12(13(20)7-9)15(24)27-8-14(23)21-10-2-4-11(5-3-10)22(25)26/h1-7H,8,20H2,(H,21,23). The van der Waals surface area contributed by atoms with Crippen molar-refractivity contribution in [2.75, 3.05) is 17.7 Å². The first-order valence-corrected chi connectivity index (χ1v) is 7.26. The predicted octanol–water partition coefficient (Wildman–Crippen LogP) is 2.99. The number of nitrogen functional groups attached to an aromatic ring is 1. The Morgan fingerprint density at radius 3 is 2.30 bits per heavy atom. The summed E-state index contributed by atoms with van der Waals surface area (Å²) in [5.41, 5.74) is 3.72. The van der Waals surface area contributed by atoms with Gasteiger partial charge in [-0.1, -0.05) is 0 Å². The highest BCUT2D eigenvalue weighted by atomic mass is 19.4. The molecule has 11 heteroatoms. The van der Waals surface area contributed by atoms with E-state index >= 15 is 0 Å². The Labute approximate surface area is 149 Å². The number of anilines is 2. The molecule has 2 aromatic carbocycles. The number of alkyl halides is 3. The minimum atomic E-state index is -4.61. The van der Waals surface area contributed by atoms with E-state index in [9.17, 15) is 32.9 Å². The molecule has 0 saturated heterocycles. The van der Waals surface area contributed by atoms with Crippen molar-refractivity contribution in [1.29, 1.82) is 0 Å². The molecule has 2 rings (SSSR count). The number of esters is 1. The Kier molecular flexibility index (Phi) is 5.63. The third kappa shape index (κ3) is 5.17. The Balaban J connectivity index is 1.95. The molecule has 0 spiro atoms. The van der Waals surface area contributed by atoms with Crippen molar-refractivity contribution in [3.8, 4) is 0 Å². The van der Waals surface area contributed by atoms with Gasteiger partial charge in [-0.2, -0.15) is 13.2 Å². The van der Waals surface area contributed by atoms with Crippen LogP contribution >= 0.6 is 0 Å². The summed E-state index contributed by atoms with van der Waals surface area (Å²) in [6.45, 7) is -0.726. The lowest BCUT2D eigenvalue weighted by atomic mass is 10.1. The zero-order valence-electron chi connectivity index (χ0n) is 13.4. The molecule has 0 saturated carbocycles. The molecule has 0 fully saturated rings. The maximum atomic E-state index is 12.6. The van der Waals surface area contributed by atoms with Crippen LogP contribution in [0.25, 0.3) is 0 Å². The number of ether oxygens (including phenoxy) is 1. The second-order valence-corrected chi connectivity index (χ2v) is 5.23. The molecule has 0 aliphatic rings. The van der Waals surface area contributed by atoms with Crippen LogP contribution in [-0.2, 0) is 15.7 Å². The van der Waals surface area contributed by atoms with Crippen molar-refractivity contribution in [3.05, 3.63) is 63.7 Å². The Hall–Kier alpha value is -3.63. The number of non-ortho nitro benzene ring substituents is 1. The summed E-state index contributed by atoms with van der Waals surface area (Å²) in [6, 6.07) is 7.03. The average molecular weight is 383 g/mol. The average Bonchev–Trinajstić information content (AvgIpc) is 2.59. The van der Waals surface area contributed by atoms with Crippen LogP contribution < -0.4 is 11.1 Å². The molecule has 0 radical (unpaired) electrons. The summed E-state index contributed by atoms with van der Waals surface area (Å²) in [7, 11) is 0. The molecule has 0 aliphatic carbocycles.